The Kier molecular flexibility index (Phi) is 2.18. The highest BCUT2D eigenvalue weighted by Gasteiger charge is 2.54. The molecule has 1 nitrogen and oxygen atoms in total. The summed E-state index contributed by atoms with van der Waals surface area (Å²) in [7, 11) is 0. The molecule has 1 heteroatoms. The van der Waals surface area contributed by atoms with Crippen molar-refractivity contribution in [3.05, 3.63) is 0 Å². The summed E-state index contributed by atoms with van der Waals surface area (Å²) in [5.41, 5.74) is 0.336. The average Bonchev–Trinajstić information content (AvgIpc) is 2.14. The highest BCUT2D eigenvalue weighted by atomic mass is 16.3. The van der Waals surface area contributed by atoms with Gasteiger partial charge in [-0.3, -0.25) is 0 Å². The Hall–Kier alpha value is -0.0400. The van der Waals surface area contributed by atoms with Crippen LogP contribution in [0.2, 0.25) is 0 Å². The third kappa shape index (κ3) is 1.46. The molecule has 4 saturated carbocycles. The fourth-order valence-corrected chi connectivity index (χ4v) is 5.25. The van der Waals surface area contributed by atoms with Crippen LogP contribution in [-0.2, 0) is 0 Å². The van der Waals surface area contributed by atoms with E-state index >= 15 is 0 Å². The highest BCUT2D eigenvalue weighted by Crippen LogP contribution is 2.61. The van der Waals surface area contributed by atoms with Crippen LogP contribution in [0, 0.1) is 29.1 Å². The van der Waals surface area contributed by atoms with Gasteiger partial charge in [0.2, 0.25) is 0 Å². The van der Waals surface area contributed by atoms with Crippen molar-refractivity contribution in [3.8, 4) is 0 Å². The molecule has 4 bridgehead atoms. The summed E-state index contributed by atoms with van der Waals surface area (Å²) < 4.78 is 0. The first-order valence-corrected chi connectivity index (χ1v) is 6.77. The van der Waals surface area contributed by atoms with Gasteiger partial charge in [-0.1, -0.05) is 13.8 Å². The predicted molar refractivity (Wildman–Crippen MR) is 61.4 cm³/mol. The van der Waals surface area contributed by atoms with Gasteiger partial charge in [-0.25, -0.2) is 0 Å². The molecule has 0 saturated heterocycles. The van der Waals surface area contributed by atoms with Gasteiger partial charge in [-0.05, 0) is 67.6 Å². The molecule has 86 valence electrons. The van der Waals surface area contributed by atoms with Crippen molar-refractivity contribution in [2.24, 2.45) is 29.1 Å². The molecule has 0 radical (unpaired) electrons. The van der Waals surface area contributed by atoms with Crippen LogP contribution in [0.15, 0.2) is 0 Å². The second-order valence-corrected chi connectivity index (χ2v) is 6.97. The average molecular weight is 208 g/mol. The first-order valence-electron chi connectivity index (χ1n) is 6.77. The van der Waals surface area contributed by atoms with Crippen molar-refractivity contribution < 1.29 is 5.11 Å². The standard InChI is InChI=1S/C14H24O/c1-9(2)13(15)14-6-10-3-11(7-14)5-12(4-10)8-14/h9-13,15H,3-8H2,1-2H3. The number of aliphatic hydroxyl groups excluding tert-OH is 1. The smallest absolute Gasteiger partial charge is 0.0619 e. The number of rotatable bonds is 2. The molecule has 4 rings (SSSR count). The minimum absolute atomic E-state index is 0.0362. The van der Waals surface area contributed by atoms with Gasteiger partial charge >= 0.3 is 0 Å². The second-order valence-electron chi connectivity index (χ2n) is 6.97. The molecule has 15 heavy (non-hydrogen) atoms. The zero-order chi connectivity index (χ0) is 10.6. The Morgan fingerprint density at radius 3 is 1.67 bits per heavy atom. The summed E-state index contributed by atoms with van der Waals surface area (Å²) in [4.78, 5) is 0. The maximum Gasteiger partial charge on any atom is 0.0619 e. The fourth-order valence-electron chi connectivity index (χ4n) is 5.25. The molecule has 1 N–H and O–H groups in total. The topological polar surface area (TPSA) is 20.2 Å². The molecule has 4 aliphatic carbocycles. The Balaban J connectivity index is 1.86. The lowest BCUT2D eigenvalue weighted by molar-refractivity contribution is -0.133. The van der Waals surface area contributed by atoms with Gasteiger partial charge < -0.3 is 5.11 Å². The first kappa shape index (κ1) is 10.1. The van der Waals surface area contributed by atoms with Gasteiger partial charge in [0.1, 0.15) is 0 Å². The summed E-state index contributed by atoms with van der Waals surface area (Å²) in [6, 6.07) is 0. The number of aliphatic hydroxyl groups is 1. The molecule has 0 aliphatic heterocycles. The molecule has 1 atom stereocenters. The van der Waals surface area contributed by atoms with Gasteiger partial charge in [-0.15, -0.1) is 0 Å². The predicted octanol–water partition coefficient (Wildman–Crippen LogP) is 3.22. The second kappa shape index (κ2) is 3.23. The van der Waals surface area contributed by atoms with E-state index in [0.717, 1.165) is 17.8 Å². The van der Waals surface area contributed by atoms with E-state index in [4.69, 9.17) is 0 Å². The van der Waals surface area contributed by atoms with Crippen molar-refractivity contribution in [1.29, 1.82) is 0 Å². The Morgan fingerprint density at radius 2 is 1.33 bits per heavy atom. The molecule has 4 aliphatic rings. The van der Waals surface area contributed by atoms with Crippen LogP contribution >= 0.6 is 0 Å². The van der Waals surface area contributed by atoms with E-state index in [0.29, 0.717) is 11.3 Å². The summed E-state index contributed by atoms with van der Waals surface area (Å²) in [6.45, 7) is 4.37. The maximum atomic E-state index is 10.5. The maximum absolute atomic E-state index is 10.5. The molecular formula is C14H24O. The number of hydrogen-bond donors (Lipinski definition) is 1. The van der Waals surface area contributed by atoms with Gasteiger partial charge in [-0.2, -0.15) is 0 Å². The van der Waals surface area contributed by atoms with Crippen molar-refractivity contribution in [1.82, 2.24) is 0 Å². The van der Waals surface area contributed by atoms with Crippen LogP contribution < -0.4 is 0 Å². The van der Waals surface area contributed by atoms with Crippen LogP contribution in [0.25, 0.3) is 0 Å². The SMILES string of the molecule is CC(C)C(O)C12CC3CC(CC(C3)C1)C2. The van der Waals surface area contributed by atoms with E-state index in [-0.39, 0.29) is 6.10 Å². The van der Waals surface area contributed by atoms with Crippen molar-refractivity contribution in [2.45, 2.75) is 58.5 Å². The lowest BCUT2D eigenvalue weighted by Gasteiger charge is -2.59. The van der Waals surface area contributed by atoms with E-state index < -0.39 is 0 Å². The molecular weight excluding hydrogens is 184 g/mol. The fraction of sp³-hybridized carbons (Fsp3) is 1.00. The lowest BCUT2D eigenvalue weighted by atomic mass is 9.47. The van der Waals surface area contributed by atoms with Crippen molar-refractivity contribution in [3.63, 3.8) is 0 Å². The molecule has 0 aromatic heterocycles. The summed E-state index contributed by atoms with van der Waals surface area (Å²) >= 11 is 0. The normalized spacial score (nSPS) is 50.0. The lowest BCUT2D eigenvalue weighted by Crippen LogP contribution is -2.53. The molecule has 0 heterocycles. The highest BCUT2D eigenvalue weighted by molar-refractivity contribution is 5.04. The van der Waals surface area contributed by atoms with E-state index in [2.05, 4.69) is 13.8 Å². The molecule has 0 spiro atoms. The van der Waals surface area contributed by atoms with Crippen molar-refractivity contribution in [2.75, 3.05) is 0 Å². The first-order chi connectivity index (χ1) is 7.09. The van der Waals surface area contributed by atoms with E-state index in [1.165, 1.54) is 38.5 Å². The largest absolute Gasteiger partial charge is 0.392 e. The third-order valence-electron chi connectivity index (χ3n) is 5.34. The number of hydrogen-bond acceptors (Lipinski definition) is 1. The third-order valence-corrected chi connectivity index (χ3v) is 5.34. The molecule has 4 fully saturated rings. The van der Waals surface area contributed by atoms with Crippen molar-refractivity contribution >= 4 is 0 Å². The summed E-state index contributed by atoms with van der Waals surface area (Å²) in [5.74, 6) is 3.33. The summed E-state index contributed by atoms with van der Waals surface area (Å²) in [6.07, 6.45) is 8.39. The zero-order valence-electron chi connectivity index (χ0n) is 10.1. The van der Waals surface area contributed by atoms with Gasteiger partial charge in [0.15, 0.2) is 0 Å². The Bertz CT molecular complexity index is 221. The molecule has 0 aromatic rings. The Labute approximate surface area is 93.3 Å². The molecule has 0 amide bonds. The zero-order valence-corrected chi connectivity index (χ0v) is 10.1. The van der Waals surface area contributed by atoms with Gasteiger partial charge in [0, 0.05) is 0 Å². The van der Waals surface area contributed by atoms with Gasteiger partial charge in [0.25, 0.3) is 0 Å². The minimum Gasteiger partial charge on any atom is -0.392 e. The van der Waals surface area contributed by atoms with Crippen LogP contribution in [0.1, 0.15) is 52.4 Å². The quantitative estimate of drug-likeness (QED) is 0.738. The van der Waals surface area contributed by atoms with Crippen LogP contribution in [0.3, 0.4) is 0 Å². The molecule has 0 aromatic carbocycles. The minimum atomic E-state index is -0.0362. The van der Waals surface area contributed by atoms with E-state index in [1.54, 1.807) is 0 Å². The van der Waals surface area contributed by atoms with Gasteiger partial charge in [0.05, 0.1) is 6.10 Å². The summed E-state index contributed by atoms with van der Waals surface area (Å²) in [5, 5.41) is 10.5. The van der Waals surface area contributed by atoms with E-state index in [9.17, 15) is 5.11 Å². The van der Waals surface area contributed by atoms with Crippen LogP contribution in [-0.4, -0.2) is 11.2 Å². The monoisotopic (exact) mass is 208 g/mol. The van der Waals surface area contributed by atoms with Crippen LogP contribution in [0.5, 0.6) is 0 Å². The molecule has 1 unspecified atom stereocenters. The Morgan fingerprint density at radius 1 is 0.933 bits per heavy atom. The van der Waals surface area contributed by atoms with E-state index in [1.807, 2.05) is 0 Å². The van der Waals surface area contributed by atoms with Crippen LogP contribution in [0.4, 0.5) is 0 Å².